The second-order valence-corrected chi connectivity index (χ2v) is 7.20. The molecule has 7 heteroatoms. The first-order chi connectivity index (χ1) is 8.71. The van der Waals surface area contributed by atoms with Gasteiger partial charge in [0, 0.05) is 30.4 Å². The molecule has 0 bridgehead atoms. The smallest absolute Gasteiger partial charge is 0.262 e. The van der Waals surface area contributed by atoms with Crippen molar-refractivity contribution in [3.8, 4) is 0 Å². The van der Waals surface area contributed by atoms with Gasteiger partial charge in [-0.05, 0) is 26.7 Å². The maximum Gasteiger partial charge on any atom is 0.262 e. The summed E-state index contributed by atoms with van der Waals surface area (Å²) in [6.07, 6.45) is 0. The van der Waals surface area contributed by atoms with Gasteiger partial charge < -0.3 is 5.73 Å². The number of hydrogen-bond donors (Lipinski definition) is 2. The zero-order chi connectivity index (χ0) is 14.8. The van der Waals surface area contributed by atoms with Crippen LogP contribution in [-0.4, -0.2) is 35.5 Å². The number of nitrogens with one attached hydrogen (secondary N) is 1. The number of rotatable bonds is 6. The molecule has 0 saturated carbocycles. The minimum atomic E-state index is -3.61. The van der Waals surface area contributed by atoms with Gasteiger partial charge in [0.2, 0.25) is 0 Å². The summed E-state index contributed by atoms with van der Waals surface area (Å²) in [6.45, 7) is 10.1. The van der Waals surface area contributed by atoms with Crippen molar-refractivity contribution in [3.05, 3.63) is 11.3 Å². The highest BCUT2D eigenvalue weighted by atomic mass is 32.2. The number of aromatic nitrogens is 2. The van der Waals surface area contributed by atoms with E-state index in [0.717, 1.165) is 0 Å². The quantitative estimate of drug-likeness (QED) is 0.823. The van der Waals surface area contributed by atoms with E-state index in [1.165, 1.54) is 4.31 Å². The van der Waals surface area contributed by atoms with Crippen LogP contribution in [0.4, 0.5) is 0 Å². The second-order valence-electron chi connectivity index (χ2n) is 5.40. The summed E-state index contributed by atoms with van der Waals surface area (Å²) in [5.41, 5.74) is 6.89. The van der Waals surface area contributed by atoms with Crippen molar-refractivity contribution in [2.75, 3.05) is 6.54 Å². The van der Waals surface area contributed by atoms with Crippen LogP contribution in [0.1, 0.15) is 39.0 Å². The molecule has 0 aliphatic heterocycles. The van der Waals surface area contributed by atoms with E-state index in [4.69, 9.17) is 5.73 Å². The monoisotopic (exact) mass is 288 g/mol. The number of H-pyrrole nitrogens is 1. The number of hydrogen-bond acceptors (Lipinski definition) is 4. The van der Waals surface area contributed by atoms with Gasteiger partial charge in [0.25, 0.3) is 10.0 Å². The lowest BCUT2D eigenvalue weighted by Gasteiger charge is -2.26. The summed E-state index contributed by atoms with van der Waals surface area (Å²) in [5.74, 6) is 0.249. The Morgan fingerprint density at radius 2 is 1.89 bits per heavy atom. The summed E-state index contributed by atoms with van der Waals surface area (Å²) in [7, 11) is -3.61. The second kappa shape index (κ2) is 6.02. The van der Waals surface area contributed by atoms with E-state index in [0.29, 0.717) is 17.8 Å². The Bertz CT molecular complexity index is 520. The van der Waals surface area contributed by atoms with Crippen molar-refractivity contribution in [1.82, 2.24) is 14.5 Å². The Kier molecular flexibility index (Phi) is 5.11. The first-order valence-electron chi connectivity index (χ1n) is 6.47. The van der Waals surface area contributed by atoms with E-state index in [1.807, 2.05) is 27.7 Å². The fourth-order valence-corrected chi connectivity index (χ4v) is 3.92. The third-order valence-electron chi connectivity index (χ3n) is 2.91. The fourth-order valence-electron chi connectivity index (χ4n) is 1.94. The minimum absolute atomic E-state index is 0.0573. The van der Waals surface area contributed by atoms with E-state index >= 15 is 0 Å². The molecule has 0 unspecified atom stereocenters. The predicted octanol–water partition coefficient (Wildman–Crippen LogP) is 1.23. The number of nitrogens with zero attached hydrogens (tertiary/aromatic N) is 2. The van der Waals surface area contributed by atoms with Crippen LogP contribution in [0.25, 0.3) is 0 Å². The van der Waals surface area contributed by atoms with Crippen LogP contribution < -0.4 is 5.73 Å². The lowest BCUT2D eigenvalue weighted by molar-refractivity contribution is 0.317. The Balaban J connectivity index is 3.27. The Morgan fingerprint density at radius 3 is 2.32 bits per heavy atom. The molecule has 1 heterocycles. The summed E-state index contributed by atoms with van der Waals surface area (Å²) < 4.78 is 26.9. The largest absolute Gasteiger partial charge is 0.326 e. The molecule has 0 aliphatic carbocycles. The maximum atomic E-state index is 12.7. The zero-order valence-electron chi connectivity index (χ0n) is 12.3. The molecular weight excluding hydrogens is 264 g/mol. The predicted molar refractivity (Wildman–Crippen MR) is 75.1 cm³/mol. The van der Waals surface area contributed by atoms with E-state index in [2.05, 4.69) is 10.2 Å². The average Bonchev–Trinajstić information content (AvgIpc) is 2.67. The Morgan fingerprint density at radius 1 is 1.32 bits per heavy atom. The molecule has 0 radical (unpaired) electrons. The highest BCUT2D eigenvalue weighted by molar-refractivity contribution is 7.89. The molecule has 110 valence electrons. The number of nitrogens with two attached hydrogens (primary N) is 1. The van der Waals surface area contributed by atoms with Gasteiger partial charge in [-0.2, -0.15) is 9.40 Å². The molecule has 0 aliphatic rings. The highest BCUT2D eigenvalue weighted by Crippen LogP contribution is 2.22. The molecule has 1 aromatic heterocycles. The molecular formula is C12H24N4O2S. The van der Waals surface area contributed by atoms with Crippen molar-refractivity contribution < 1.29 is 8.42 Å². The summed E-state index contributed by atoms with van der Waals surface area (Å²) in [4.78, 5) is 0. The van der Waals surface area contributed by atoms with Gasteiger partial charge in [-0.3, -0.25) is 5.10 Å². The first-order valence-corrected chi connectivity index (χ1v) is 7.91. The van der Waals surface area contributed by atoms with Gasteiger partial charge in [0.05, 0.1) is 0 Å². The van der Waals surface area contributed by atoms with Gasteiger partial charge in [-0.15, -0.1) is 0 Å². The number of aryl methyl sites for hydroxylation is 1. The fraction of sp³-hybridized carbons (Fsp3) is 0.750. The standard InChI is InChI=1S/C12H24N4O2S/c1-8(2)7-16(9(3)4)19(17,18)12-11(6-13)10(5)14-15-12/h8-9H,6-7,13H2,1-5H3,(H,14,15). The number of sulfonamides is 1. The van der Waals surface area contributed by atoms with Gasteiger partial charge >= 0.3 is 0 Å². The normalized spacial score (nSPS) is 12.9. The zero-order valence-corrected chi connectivity index (χ0v) is 13.1. The average molecular weight is 288 g/mol. The van der Waals surface area contributed by atoms with Crippen LogP contribution in [0.3, 0.4) is 0 Å². The molecule has 3 N–H and O–H groups in total. The molecule has 0 saturated heterocycles. The van der Waals surface area contributed by atoms with Gasteiger partial charge in [0.15, 0.2) is 5.03 Å². The molecule has 0 amide bonds. The molecule has 1 rings (SSSR count). The third kappa shape index (κ3) is 3.34. The van der Waals surface area contributed by atoms with Crippen molar-refractivity contribution in [3.63, 3.8) is 0 Å². The van der Waals surface area contributed by atoms with E-state index in [1.54, 1.807) is 6.92 Å². The van der Waals surface area contributed by atoms with Crippen LogP contribution in [0, 0.1) is 12.8 Å². The van der Waals surface area contributed by atoms with Gasteiger partial charge in [-0.25, -0.2) is 8.42 Å². The van der Waals surface area contributed by atoms with E-state index in [9.17, 15) is 8.42 Å². The summed E-state index contributed by atoms with van der Waals surface area (Å²) in [5, 5.41) is 6.70. The van der Waals surface area contributed by atoms with E-state index in [-0.39, 0.29) is 23.5 Å². The Labute approximate surface area is 115 Å². The topological polar surface area (TPSA) is 92.1 Å². The van der Waals surface area contributed by atoms with Gasteiger partial charge in [-0.1, -0.05) is 13.8 Å². The SMILES string of the molecule is Cc1[nH]nc(S(=O)(=O)N(CC(C)C)C(C)C)c1CN. The van der Waals surface area contributed by atoms with Crippen LogP contribution in [0.5, 0.6) is 0 Å². The van der Waals surface area contributed by atoms with Crippen LogP contribution in [0.15, 0.2) is 5.03 Å². The molecule has 1 aromatic rings. The molecule has 0 atom stereocenters. The van der Waals surface area contributed by atoms with E-state index < -0.39 is 10.0 Å². The summed E-state index contributed by atoms with van der Waals surface area (Å²) >= 11 is 0. The maximum absolute atomic E-state index is 12.7. The first kappa shape index (κ1) is 16.1. The third-order valence-corrected chi connectivity index (χ3v) is 4.93. The highest BCUT2D eigenvalue weighted by Gasteiger charge is 2.32. The summed E-state index contributed by atoms with van der Waals surface area (Å²) in [6, 6.07) is -0.116. The van der Waals surface area contributed by atoms with Crippen molar-refractivity contribution in [1.29, 1.82) is 0 Å². The number of aromatic amines is 1. The minimum Gasteiger partial charge on any atom is -0.326 e. The molecule has 19 heavy (non-hydrogen) atoms. The van der Waals surface area contributed by atoms with Crippen molar-refractivity contribution in [2.24, 2.45) is 11.7 Å². The van der Waals surface area contributed by atoms with Crippen LogP contribution >= 0.6 is 0 Å². The van der Waals surface area contributed by atoms with Crippen LogP contribution in [0.2, 0.25) is 0 Å². The van der Waals surface area contributed by atoms with Crippen LogP contribution in [-0.2, 0) is 16.6 Å². The lowest BCUT2D eigenvalue weighted by Crippen LogP contribution is -2.40. The van der Waals surface area contributed by atoms with Crippen molar-refractivity contribution in [2.45, 2.75) is 52.2 Å². The lowest BCUT2D eigenvalue weighted by atomic mass is 10.2. The Hall–Kier alpha value is -0.920. The van der Waals surface area contributed by atoms with Crippen molar-refractivity contribution >= 4 is 10.0 Å². The molecule has 6 nitrogen and oxygen atoms in total. The van der Waals surface area contributed by atoms with Gasteiger partial charge in [0.1, 0.15) is 0 Å². The molecule has 0 spiro atoms. The molecule has 0 aromatic carbocycles. The molecule has 0 fully saturated rings.